The van der Waals surface area contributed by atoms with Crippen LogP contribution in [0.5, 0.6) is 0 Å². The Hall–Kier alpha value is -0.160. The molecule has 0 spiro atoms. The van der Waals surface area contributed by atoms with Gasteiger partial charge in [0.25, 0.3) is 6.01 Å². The molecule has 0 aromatic rings. The fourth-order valence-electron chi connectivity index (χ4n) is 0.190. The molecule has 0 saturated heterocycles. The topological polar surface area (TPSA) is 43.4 Å². The highest BCUT2D eigenvalue weighted by atomic mass is 32.2. The molecule has 0 rings (SSSR count). The van der Waals surface area contributed by atoms with E-state index >= 15 is 0 Å². The minimum atomic E-state index is -3.96. The summed E-state index contributed by atoms with van der Waals surface area (Å²) in [6.07, 6.45) is 0. The lowest BCUT2D eigenvalue weighted by Gasteiger charge is -1.92. The van der Waals surface area contributed by atoms with Crippen molar-refractivity contribution in [1.29, 1.82) is 0 Å². The summed E-state index contributed by atoms with van der Waals surface area (Å²) in [7, 11) is -3.96. The Morgan fingerprint density at radius 1 is 1.75 bits per heavy atom. The Labute approximate surface area is 47.6 Å². The third-order valence-electron chi connectivity index (χ3n) is 0.391. The van der Waals surface area contributed by atoms with Gasteiger partial charge in [-0.05, 0) is 6.92 Å². The van der Waals surface area contributed by atoms with Gasteiger partial charge in [0.15, 0.2) is 0 Å². The molecule has 49 valence electrons. The SMILES string of the molecule is CCOS(=O)(=O)[CH]F. The first-order valence-electron chi connectivity index (χ1n) is 1.95. The average molecular weight is 141 g/mol. The summed E-state index contributed by atoms with van der Waals surface area (Å²) >= 11 is 0. The van der Waals surface area contributed by atoms with Gasteiger partial charge in [0.2, 0.25) is 0 Å². The van der Waals surface area contributed by atoms with Crippen LogP contribution in [0.15, 0.2) is 0 Å². The third-order valence-corrected chi connectivity index (χ3v) is 1.17. The van der Waals surface area contributed by atoms with E-state index in [0.29, 0.717) is 0 Å². The molecule has 3 nitrogen and oxygen atoms in total. The van der Waals surface area contributed by atoms with Crippen LogP contribution < -0.4 is 0 Å². The predicted octanol–water partition coefficient (Wildman–Crippen LogP) is 0.441. The van der Waals surface area contributed by atoms with Gasteiger partial charge in [0.1, 0.15) is 0 Å². The maximum Gasteiger partial charge on any atom is 0.304 e. The molecule has 1 radical (unpaired) electrons. The van der Waals surface area contributed by atoms with Gasteiger partial charge in [0.05, 0.1) is 6.61 Å². The van der Waals surface area contributed by atoms with E-state index in [2.05, 4.69) is 4.18 Å². The van der Waals surface area contributed by atoms with Crippen molar-refractivity contribution < 1.29 is 17.0 Å². The predicted molar refractivity (Wildman–Crippen MR) is 26.0 cm³/mol. The van der Waals surface area contributed by atoms with Crippen LogP contribution in [0.1, 0.15) is 6.92 Å². The monoisotopic (exact) mass is 141 g/mol. The lowest BCUT2D eigenvalue weighted by Crippen LogP contribution is -2.02. The molecule has 0 amide bonds. The Morgan fingerprint density at radius 3 is 2.38 bits per heavy atom. The highest BCUT2D eigenvalue weighted by Crippen LogP contribution is 1.96. The van der Waals surface area contributed by atoms with Crippen molar-refractivity contribution in [1.82, 2.24) is 0 Å². The molecule has 0 saturated carbocycles. The van der Waals surface area contributed by atoms with E-state index in [9.17, 15) is 12.8 Å². The zero-order valence-electron chi connectivity index (χ0n) is 4.30. The van der Waals surface area contributed by atoms with Crippen molar-refractivity contribution in [2.75, 3.05) is 6.61 Å². The molecule has 8 heavy (non-hydrogen) atoms. The first-order chi connectivity index (χ1) is 3.62. The second kappa shape index (κ2) is 2.99. The fourth-order valence-corrected chi connectivity index (χ4v) is 0.570. The maximum absolute atomic E-state index is 11.1. The number of hydrogen-bond acceptors (Lipinski definition) is 3. The van der Waals surface area contributed by atoms with Crippen LogP contribution in [0.4, 0.5) is 4.39 Å². The molecule has 0 aliphatic carbocycles. The zero-order valence-corrected chi connectivity index (χ0v) is 5.11. The van der Waals surface area contributed by atoms with Gasteiger partial charge in [0, 0.05) is 0 Å². The van der Waals surface area contributed by atoms with E-state index in [-0.39, 0.29) is 6.61 Å². The van der Waals surface area contributed by atoms with Crippen molar-refractivity contribution in [2.45, 2.75) is 6.92 Å². The number of rotatable bonds is 3. The first-order valence-corrected chi connectivity index (χ1v) is 3.42. The maximum atomic E-state index is 11.1. The van der Waals surface area contributed by atoms with E-state index in [0.717, 1.165) is 0 Å². The lowest BCUT2D eigenvalue weighted by atomic mass is 10.9. The van der Waals surface area contributed by atoms with Gasteiger partial charge in [-0.15, -0.1) is 0 Å². The van der Waals surface area contributed by atoms with Gasteiger partial charge >= 0.3 is 10.1 Å². The second-order valence-electron chi connectivity index (χ2n) is 0.988. The molecule has 0 unspecified atom stereocenters. The van der Waals surface area contributed by atoms with Gasteiger partial charge in [-0.3, -0.25) is 4.18 Å². The third kappa shape index (κ3) is 2.92. The molecule has 0 aromatic carbocycles. The normalized spacial score (nSPS) is 11.8. The van der Waals surface area contributed by atoms with Crippen LogP contribution in [0.3, 0.4) is 0 Å². The minimum Gasteiger partial charge on any atom is -0.268 e. The van der Waals surface area contributed by atoms with Crippen molar-refractivity contribution in [3.8, 4) is 0 Å². The highest BCUT2D eigenvalue weighted by molar-refractivity contribution is 7.88. The van der Waals surface area contributed by atoms with Crippen molar-refractivity contribution >= 4 is 10.1 Å². The van der Waals surface area contributed by atoms with Crippen LogP contribution in [-0.2, 0) is 14.3 Å². The summed E-state index contributed by atoms with van der Waals surface area (Å²) in [6.45, 7) is 1.42. The summed E-state index contributed by atoms with van der Waals surface area (Å²) in [5.74, 6) is 0. The van der Waals surface area contributed by atoms with E-state index in [4.69, 9.17) is 0 Å². The van der Waals surface area contributed by atoms with Gasteiger partial charge in [-0.25, -0.2) is 4.39 Å². The highest BCUT2D eigenvalue weighted by Gasteiger charge is 2.07. The summed E-state index contributed by atoms with van der Waals surface area (Å²) < 4.78 is 34.9. The van der Waals surface area contributed by atoms with Gasteiger partial charge < -0.3 is 0 Å². The van der Waals surface area contributed by atoms with Crippen LogP contribution in [-0.4, -0.2) is 15.0 Å². The summed E-state index contributed by atoms with van der Waals surface area (Å²) in [6, 6.07) is -0.476. The largest absolute Gasteiger partial charge is 0.304 e. The molecule has 0 atom stereocenters. The molecule has 5 heteroatoms. The van der Waals surface area contributed by atoms with Gasteiger partial charge in [-0.2, -0.15) is 8.42 Å². The molecule has 0 heterocycles. The Bertz CT molecular complexity index is 139. The number of halogens is 1. The van der Waals surface area contributed by atoms with Crippen molar-refractivity contribution in [2.24, 2.45) is 0 Å². The fraction of sp³-hybridized carbons (Fsp3) is 0.667. The number of hydrogen-bond donors (Lipinski definition) is 0. The summed E-state index contributed by atoms with van der Waals surface area (Å²) in [5.41, 5.74) is 0. The van der Waals surface area contributed by atoms with E-state index in [1.807, 2.05) is 0 Å². The molecule has 0 N–H and O–H groups in total. The Balaban J connectivity index is 3.76. The quantitative estimate of drug-likeness (QED) is 0.535. The zero-order chi connectivity index (χ0) is 6.62. The lowest BCUT2D eigenvalue weighted by molar-refractivity contribution is 0.335. The standard InChI is InChI=1S/C3H6FO3S/c1-2-7-8(5,6)3-4/h3H,2H2,1H3. The van der Waals surface area contributed by atoms with Crippen LogP contribution >= 0.6 is 0 Å². The molecular weight excluding hydrogens is 135 g/mol. The molecule has 0 aromatic heterocycles. The molecule has 0 bridgehead atoms. The summed E-state index contributed by atoms with van der Waals surface area (Å²) in [4.78, 5) is 0. The van der Waals surface area contributed by atoms with E-state index < -0.39 is 16.1 Å². The second-order valence-corrected chi connectivity index (χ2v) is 2.39. The smallest absolute Gasteiger partial charge is 0.268 e. The molecule has 0 aliphatic heterocycles. The van der Waals surface area contributed by atoms with Crippen molar-refractivity contribution in [3.05, 3.63) is 6.01 Å². The molecular formula is C3H6FO3S. The average Bonchev–Trinajstić information content (AvgIpc) is 1.67. The van der Waals surface area contributed by atoms with Gasteiger partial charge in [-0.1, -0.05) is 0 Å². The van der Waals surface area contributed by atoms with Crippen LogP contribution in [0.2, 0.25) is 0 Å². The first kappa shape index (κ1) is 7.84. The van der Waals surface area contributed by atoms with E-state index in [1.54, 1.807) is 0 Å². The van der Waals surface area contributed by atoms with Crippen LogP contribution in [0, 0.1) is 6.01 Å². The van der Waals surface area contributed by atoms with Crippen molar-refractivity contribution in [3.63, 3.8) is 0 Å². The van der Waals surface area contributed by atoms with E-state index in [1.165, 1.54) is 6.92 Å². The minimum absolute atomic E-state index is 0.0389. The molecule has 0 fully saturated rings. The Morgan fingerprint density at radius 2 is 2.25 bits per heavy atom. The summed E-state index contributed by atoms with van der Waals surface area (Å²) in [5, 5.41) is 0. The van der Waals surface area contributed by atoms with Crippen LogP contribution in [0.25, 0.3) is 0 Å². The Kier molecular flexibility index (Phi) is 2.93. The molecule has 0 aliphatic rings.